The molecule has 2 N–H and O–H groups in total. The summed E-state index contributed by atoms with van der Waals surface area (Å²) in [5.41, 5.74) is 7.98. The molecule has 5 nitrogen and oxygen atoms in total. The summed E-state index contributed by atoms with van der Waals surface area (Å²) in [5, 5.41) is 14.9. The van der Waals surface area contributed by atoms with Crippen LogP contribution in [-0.2, 0) is 0 Å². The lowest BCUT2D eigenvalue weighted by molar-refractivity contribution is 0.412. The molecule has 0 radical (unpaired) electrons. The van der Waals surface area contributed by atoms with Crippen molar-refractivity contribution >= 4 is 29.0 Å². The normalized spacial score (nSPS) is 10.4. The molecule has 0 fully saturated rings. The SMILES string of the molecule is COc1ccccc1-n1nc(-c2ccc(Cl)cc2Cl)c(C#N)c1N. The molecule has 0 saturated carbocycles. The molecule has 1 aromatic heterocycles. The van der Waals surface area contributed by atoms with Crippen molar-refractivity contribution in [1.29, 1.82) is 5.26 Å². The average Bonchev–Trinajstić information content (AvgIpc) is 2.91. The molecule has 0 amide bonds. The molecule has 0 aliphatic rings. The zero-order chi connectivity index (χ0) is 17.3. The van der Waals surface area contributed by atoms with E-state index in [-0.39, 0.29) is 11.4 Å². The Balaban J connectivity index is 2.26. The molecule has 3 rings (SSSR count). The number of benzene rings is 2. The van der Waals surface area contributed by atoms with E-state index in [0.29, 0.717) is 32.7 Å². The van der Waals surface area contributed by atoms with Crippen molar-refractivity contribution in [3.05, 3.63) is 58.1 Å². The summed E-state index contributed by atoms with van der Waals surface area (Å²) in [5.74, 6) is 0.799. The first-order chi connectivity index (χ1) is 11.6. The fraction of sp³-hybridized carbons (Fsp3) is 0.0588. The number of nitrogens with two attached hydrogens (primary N) is 1. The number of hydrogen-bond donors (Lipinski definition) is 1. The molecule has 0 atom stereocenters. The Morgan fingerprint density at radius 1 is 1.21 bits per heavy atom. The minimum atomic E-state index is 0.211. The third-order valence-electron chi connectivity index (χ3n) is 3.53. The molecule has 0 bridgehead atoms. The van der Waals surface area contributed by atoms with Gasteiger partial charge in [-0.05, 0) is 30.3 Å². The van der Waals surface area contributed by atoms with Crippen LogP contribution >= 0.6 is 23.2 Å². The Bertz CT molecular complexity index is 960. The number of halogens is 2. The van der Waals surface area contributed by atoms with Crippen LogP contribution in [0.1, 0.15) is 5.56 Å². The quantitative estimate of drug-likeness (QED) is 0.756. The van der Waals surface area contributed by atoms with E-state index in [2.05, 4.69) is 11.2 Å². The molecule has 2 aromatic carbocycles. The predicted octanol–water partition coefficient (Wildman–Crippen LogP) is 4.31. The lowest BCUT2D eigenvalue weighted by atomic mass is 10.1. The van der Waals surface area contributed by atoms with Gasteiger partial charge in [0.15, 0.2) is 0 Å². The van der Waals surface area contributed by atoms with Gasteiger partial charge in [-0.25, -0.2) is 4.68 Å². The molecule has 0 saturated heterocycles. The van der Waals surface area contributed by atoms with E-state index >= 15 is 0 Å². The van der Waals surface area contributed by atoms with E-state index in [0.717, 1.165) is 0 Å². The van der Waals surface area contributed by atoms with Gasteiger partial charge in [0.05, 0.1) is 12.1 Å². The van der Waals surface area contributed by atoms with E-state index in [1.807, 2.05) is 12.1 Å². The maximum Gasteiger partial charge on any atom is 0.146 e. The van der Waals surface area contributed by atoms with Gasteiger partial charge in [-0.3, -0.25) is 0 Å². The van der Waals surface area contributed by atoms with Crippen LogP contribution in [0.5, 0.6) is 5.75 Å². The Kier molecular flexibility index (Phi) is 4.34. The van der Waals surface area contributed by atoms with Crippen LogP contribution in [0.3, 0.4) is 0 Å². The Morgan fingerprint density at radius 3 is 2.62 bits per heavy atom. The first-order valence-corrected chi connectivity index (χ1v) is 7.69. The Morgan fingerprint density at radius 2 is 1.96 bits per heavy atom. The van der Waals surface area contributed by atoms with Gasteiger partial charge in [-0.15, -0.1) is 0 Å². The molecular weight excluding hydrogens is 347 g/mol. The molecule has 24 heavy (non-hydrogen) atoms. The van der Waals surface area contributed by atoms with Gasteiger partial charge in [0.2, 0.25) is 0 Å². The van der Waals surface area contributed by atoms with Crippen molar-refractivity contribution in [2.45, 2.75) is 0 Å². The van der Waals surface area contributed by atoms with Crippen molar-refractivity contribution in [2.24, 2.45) is 0 Å². The van der Waals surface area contributed by atoms with Gasteiger partial charge in [0.25, 0.3) is 0 Å². The molecule has 0 spiro atoms. The summed E-state index contributed by atoms with van der Waals surface area (Å²) < 4.78 is 6.81. The Labute approximate surface area is 148 Å². The minimum absolute atomic E-state index is 0.211. The maximum absolute atomic E-state index is 9.51. The van der Waals surface area contributed by atoms with E-state index in [4.69, 9.17) is 33.7 Å². The molecule has 1 heterocycles. The lowest BCUT2D eigenvalue weighted by Gasteiger charge is -2.09. The topological polar surface area (TPSA) is 76.9 Å². The van der Waals surface area contributed by atoms with Crippen molar-refractivity contribution < 1.29 is 4.74 Å². The fourth-order valence-electron chi connectivity index (χ4n) is 2.40. The van der Waals surface area contributed by atoms with Crippen LogP contribution in [0.2, 0.25) is 10.0 Å². The number of nitrogen functional groups attached to an aromatic ring is 1. The minimum Gasteiger partial charge on any atom is -0.494 e. The highest BCUT2D eigenvalue weighted by Crippen LogP contribution is 2.35. The molecular formula is C17H12Cl2N4O. The van der Waals surface area contributed by atoms with E-state index in [9.17, 15) is 5.26 Å². The largest absolute Gasteiger partial charge is 0.494 e. The second-order valence-electron chi connectivity index (χ2n) is 4.93. The molecule has 0 aliphatic carbocycles. The lowest BCUT2D eigenvalue weighted by Crippen LogP contribution is -2.04. The van der Waals surface area contributed by atoms with Crippen molar-refractivity contribution in [1.82, 2.24) is 9.78 Å². The summed E-state index contributed by atoms with van der Waals surface area (Å²) >= 11 is 12.2. The van der Waals surface area contributed by atoms with Crippen LogP contribution < -0.4 is 10.5 Å². The number of nitriles is 1. The second-order valence-corrected chi connectivity index (χ2v) is 5.77. The number of aromatic nitrogens is 2. The maximum atomic E-state index is 9.51. The number of anilines is 1. The van der Waals surface area contributed by atoms with Gasteiger partial charge in [0.1, 0.15) is 34.6 Å². The highest BCUT2D eigenvalue weighted by atomic mass is 35.5. The zero-order valence-electron chi connectivity index (χ0n) is 12.6. The van der Waals surface area contributed by atoms with Crippen molar-refractivity contribution in [2.75, 3.05) is 12.8 Å². The molecule has 0 aliphatic heterocycles. The fourth-order valence-corrected chi connectivity index (χ4v) is 2.90. The number of ether oxygens (including phenoxy) is 1. The summed E-state index contributed by atoms with van der Waals surface area (Å²) in [6.45, 7) is 0. The molecule has 3 aromatic rings. The smallest absolute Gasteiger partial charge is 0.146 e. The van der Waals surface area contributed by atoms with Crippen LogP contribution in [-0.4, -0.2) is 16.9 Å². The first-order valence-electron chi connectivity index (χ1n) is 6.94. The van der Waals surface area contributed by atoms with Crippen LogP contribution in [0.25, 0.3) is 16.9 Å². The Hall–Kier alpha value is -2.68. The van der Waals surface area contributed by atoms with Crippen molar-refractivity contribution in [3.63, 3.8) is 0 Å². The number of rotatable bonds is 3. The number of methoxy groups -OCH3 is 1. The summed E-state index contributed by atoms with van der Waals surface area (Å²) in [7, 11) is 1.56. The number of nitrogens with zero attached hydrogens (tertiary/aromatic N) is 3. The third kappa shape index (κ3) is 2.67. The van der Waals surface area contributed by atoms with E-state index < -0.39 is 0 Å². The zero-order valence-corrected chi connectivity index (χ0v) is 14.1. The summed E-state index contributed by atoms with van der Waals surface area (Å²) in [4.78, 5) is 0. The highest BCUT2D eigenvalue weighted by molar-refractivity contribution is 6.36. The monoisotopic (exact) mass is 358 g/mol. The van der Waals surface area contributed by atoms with Gasteiger partial charge < -0.3 is 10.5 Å². The van der Waals surface area contributed by atoms with E-state index in [1.165, 1.54) is 4.68 Å². The third-order valence-corrected chi connectivity index (χ3v) is 4.08. The number of para-hydroxylation sites is 2. The van der Waals surface area contributed by atoms with E-state index in [1.54, 1.807) is 37.4 Å². The van der Waals surface area contributed by atoms with Gasteiger partial charge in [-0.1, -0.05) is 35.3 Å². The standard InChI is InChI=1S/C17H12Cl2N4O/c1-24-15-5-3-2-4-14(15)23-17(21)12(9-20)16(22-23)11-7-6-10(18)8-13(11)19/h2-8H,21H2,1H3. The van der Waals surface area contributed by atoms with Crippen LogP contribution in [0, 0.1) is 11.3 Å². The number of hydrogen-bond acceptors (Lipinski definition) is 4. The van der Waals surface area contributed by atoms with Gasteiger partial charge in [-0.2, -0.15) is 10.4 Å². The molecule has 120 valence electrons. The predicted molar refractivity (Wildman–Crippen MR) is 94.7 cm³/mol. The van der Waals surface area contributed by atoms with Gasteiger partial charge >= 0.3 is 0 Å². The summed E-state index contributed by atoms with van der Waals surface area (Å²) in [6.07, 6.45) is 0. The van der Waals surface area contributed by atoms with Crippen LogP contribution in [0.4, 0.5) is 5.82 Å². The first kappa shape index (κ1) is 16.2. The molecule has 7 heteroatoms. The van der Waals surface area contributed by atoms with Gasteiger partial charge in [0, 0.05) is 10.6 Å². The summed E-state index contributed by atoms with van der Waals surface area (Å²) in [6, 6.07) is 14.3. The molecule has 0 unspecified atom stereocenters. The highest BCUT2D eigenvalue weighted by Gasteiger charge is 2.21. The average molecular weight is 359 g/mol. The van der Waals surface area contributed by atoms with Crippen molar-refractivity contribution in [3.8, 4) is 28.8 Å². The second kappa shape index (κ2) is 6.44. The van der Waals surface area contributed by atoms with Crippen LogP contribution in [0.15, 0.2) is 42.5 Å².